The van der Waals surface area contributed by atoms with Crippen molar-refractivity contribution in [2.45, 2.75) is 12.3 Å². The quantitative estimate of drug-likeness (QED) is 0.227. The molecule has 0 aliphatic heterocycles. The van der Waals surface area contributed by atoms with Crippen LogP contribution in [0.25, 0.3) is 55.8 Å². The second-order valence-electron chi connectivity index (χ2n) is 10.3. The number of rotatable bonds is 5. The molecule has 0 radical (unpaired) electrons. The maximum Gasteiger partial charge on any atom is 0.163 e. The molecule has 0 saturated carbocycles. The highest BCUT2D eigenvalue weighted by Gasteiger charge is 2.17. The van der Waals surface area contributed by atoms with Gasteiger partial charge < -0.3 is 5.73 Å². The first kappa shape index (κ1) is 24.7. The summed E-state index contributed by atoms with van der Waals surface area (Å²) in [5.74, 6) is 2.24. The van der Waals surface area contributed by atoms with Crippen LogP contribution in [-0.4, -0.2) is 15.0 Å². The van der Waals surface area contributed by atoms with E-state index in [2.05, 4.69) is 103 Å². The number of nitrogen functional groups attached to an aromatic ring is 1. The standard InChI is InChI=1S/C37H28N4/c38-34-24-31(27-18-16-26(17-19-27)25-10-4-1-5-11-25)23-32-22-30(20-21-33(32)34)37-40-35(28-12-6-2-7-13-28)39-36(41-37)29-14-8-3-9-15-29/h1-14,16-24,29H,15,38H2. The number of hydrogen-bond donors (Lipinski definition) is 1. The Labute approximate surface area is 239 Å². The Morgan fingerprint density at radius 3 is 1.80 bits per heavy atom. The maximum atomic E-state index is 6.57. The summed E-state index contributed by atoms with van der Waals surface area (Å²) < 4.78 is 0. The fourth-order valence-corrected chi connectivity index (χ4v) is 5.37. The molecule has 0 spiro atoms. The van der Waals surface area contributed by atoms with Gasteiger partial charge in [0, 0.05) is 28.1 Å². The van der Waals surface area contributed by atoms with Gasteiger partial charge in [0.1, 0.15) is 5.82 Å². The van der Waals surface area contributed by atoms with Crippen molar-refractivity contribution in [1.82, 2.24) is 15.0 Å². The zero-order chi connectivity index (χ0) is 27.6. The number of allylic oxidation sites excluding steroid dienone is 4. The number of anilines is 1. The molecule has 1 aromatic heterocycles. The molecule has 0 fully saturated rings. The minimum atomic E-state index is 0.116. The highest BCUT2D eigenvalue weighted by molar-refractivity contribution is 5.98. The number of benzene rings is 5. The topological polar surface area (TPSA) is 64.7 Å². The molecule has 0 saturated heterocycles. The van der Waals surface area contributed by atoms with Gasteiger partial charge in [-0.3, -0.25) is 0 Å². The Balaban J connectivity index is 1.30. The first-order valence-electron chi connectivity index (χ1n) is 13.9. The third-order valence-electron chi connectivity index (χ3n) is 7.57. The third-order valence-corrected chi connectivity index (χ3v) is 7.57. The summed E-state index contributed by atoms with van der Waals surface area (Å²) in [6.45, 7) is 0. The second-order valence-corrected chi connectivity index (χ2v) is 10.3. The average Bonchev–Trinajstić information content (AvgIpc) is 3.05. The van der Waals surface area contributed by atoms with Crippen LogP contribution in [0.3, 0.4) is 0 Å². The summed E-state index contributed by atoms with van der Waals surface area (Å²) >= 11 is 0. The molecule has 6 aromatic rings. The van der Waals surface area contributed by atoms with E-state index < -0.39 is 0 Å². The van der Waals surface area contributed by atoms with Crippen molar-refractivity contribution in [3.8, 4) is 45.0 Å². The Hall–Kier alpha value is -5.35. The highest BCUT2D eigenvalue weighted by Crippen LogP contribution is 2.34. The van der Waals surface area contributed by atoms with E-state index in [1.54, 1.807) is 0 Å². The van der Waals surface area contributed by atoms with E-state index in [9.17, 15) is 0 Å². The number of nitrogens with zero attached hydrogens (tertiary/aromatic N) is 3. The fourth-order valence-electron chi connectivity index (χ4n) is 5.37. The van der Waals surface area contributed by atoms with Crippen molar-refractivity contribution >= 4 is 16.5 Å². The van der Waals surface area contributed by atoms with Crippen LogP contribution in [0.1, 0.15) is 18.2 Å². The Bertz CT molecular complexity index is 1910. The van der Waals surface area contributed by atoms with Crippen molar-refractivity contribution in [2.24, 2.45) is 0 Å². The van der Waals surface area contributed by atoms with Crippen molar-refractivity contribution in [2.75, 3.05) is 5.73 Å². The third kappa shape index (κ3) is 5.04. The molecule has 0 amide bonds. The van der Waals surface area contributed by atoms with Crippen LogP contribution in [-0.2, 0) is 0 Å². The van der Waals surface area contributed by atoms with Crippen LogP contribution in [0.2, 0.25) is 0 Å². The zero-order valence-corrected chi connectivity index (χ0v) is 22.5. The predicted octanol–water partition coefficient (Wildman–Crippen LogP) is 8.87. The van der Waals surface area contributed by atoms with Gasteiger partial charge in [-0.2, -0.15) is 0 Å². The van der Waals surface area contributed by atoms with Gasteiger partial charge in [-0.05, 0) is 52.3 Å². The molecule has 5 aromatic carbocycles. The van der Waals surface area contributed by atoms with E-state index >= 15 is 0 Å². The highest BCUT2D eigenvalue weighted by atomic mass is 15.0. The van der Waals surface area contributed by atoms with Crippen molar-refractivity contribution in [3.63, 3.8) is 0 Å². The van der Waals surface area contributed by atoms with Crippen LogP contribution in [0, 0.1) is 0 Å². The zero-order valence-electron chi connectivity index (χ0n) is 22.5. The van der Waals surface area contributed by atoms with Crippen LogP contribution in [0.4, 0.5) is 5.69 Å². The number of aromatic nitrogens is 3. The van der Waals surface area contributed by atoms with E-state index in [0.29, 0.717) is 11.6 Å². The predicted molar refractivity (Wildman–Crippen MR) is 169 cm³/mol. The number of nitrogens with two attached hydrogens (primary N) is 1. The summed E-state index contributed by atoms with van der Waals surface area (Å²) in [4.78, 5) is 14.8. The Morgan fingerprint density at radius 2 is 1.12 bits per heavy atom. The lowest BCUT2D eigenvalue weighted by molar-refractivity contribution is 0.764. The van der Waals surface area contributed by atoms with E-state index in [1.807, 2.05) is 36.4 Å². The lowest BCUT2D eigenvalue weighted by atomic mass is 9.96. The fraction of sp³-hybridized carbons (Fsp3) is 0.0541. The molecule has 41 heavy (non-hydrogen) atoms. The van der Waals surface area contributed by atoms with Crippen LogP contribution < -0.4 is 5.73 Å². The number of hydrogen-bond acceptors (Lipinski definition) is 4. The molecule has 1 heterocycles. The smallest absolute Gasteiger partial charge is 0.163 e. The molecule has 196 valence electrons. The monoisotopic (exact) mass is 528 g/mol. The van der Waals surface area contributed by atoms with Crippen LogP contribution >= 0.6 is 0 Å². The Morgan fingerprint density at radius 1 is 0.537 bits per heavy atom. The molecule has 1 aliphatic carbocycles. The summed E-state index contributed by atoms with van der Waals surface area (Å²) in [5.41, 5.74) is 13.8. The molecule has 0 bridgehead atoms. The van der Waals surface area contributed by atoms with Gasteiger partial charge in [0.2, 0.25) is 0 Å². The summed E-state index contributed by atoms with van der Waals surface area (Å²) in [6.07, 6.45) is 9.31. The van der Waals surface area contributed by atoms with Gasteiger partial charge in [-0.25, -0.2) is 15.0 Å². The summed E-state index contributed by atoms with van der Waals surface area (Å²) in [6, 6.07) is 39.6. The average molecular weight is 529 g/mol. The lowest BCUT2D eigenvalue weighted by Gasteiger charge is -2.15. The SMILES string of the molecule is Nc1cc(-c2ccc(-c3ccccc3)cc2)cc2cc(-c3nc(-c4ccccc4)nc(C4C=CC=CC4)n3)ccc12. The molecule has 7 rings (SSSR count). The van der Waals surface area contributed by atoms with Gasteiger partial charge in [0.15, 0.2) is 11.6 Å². The molecule has 4 heteroatoms. The minimum Gasteiger partial charge on any atom is -0.398 e. The summed E-state index contributed by atoms with van der Waals surface area (Å²) in [7, 11) is 0. The largest absolute Gasteiger partial charge is 0.398 e. The van der Waals surface area contributed by atoms with Crippen molar-refractivity contribution in [3.05, 3.63) is 145 Å². The molecule has 4 nitrogen and oxygen atoms in total. The Kier molecular flexibility index (Phi) is 6.42. The van der Waals surface area contributed by atoms with Gasteiger partial charge in [0.25, 0.3) is 0 Å². The molecule has 1 unspecified atom stereocenters. The van der Waals surface area contributed by atoms with Gasteiger partial charge >= 0.3 is 0 Å². The second kappa shape index (κ2) is 10.7. The normalized spacial score (nSPS) is 14.4. The van der Waals surface area contributed by atoms with E-state index in [0.717, 1.165) is 51.0 Å². The minimum absolute atomic E-state index is 0.116. The number of fused-ring (bicyclic) bond motifs is 1. The molecule has 1 atom stereocenters. The van der Waals surface area contributed by atoms with E-state index in [-0.39, 0.29) is 5.92 Å². The molecular weight excluding hydrogens is 500 g/mol. The van der Waals surface area contributed by atoms with Gasteiger partial charge in [-0.15, -0.1) is 0 Å². The van der Waals surface area contributed by atoms with E-state index in [4.69, 9.17) is 20.7 Å². The molecule has 2 N–H and O–H groups in total. The van der Waals surface area contributed by atoms with Crippen molar-refractivity contribution in [1.29, 1.82) is 0 Å². The molecule has 1 aliphatic rings. The van der Waals surface area contributed by atoms with E-state index in [1.165, 1.54) is 11.1 Å². The first-order chi connectivity index (χ1) is 20.2. The maximum absolute atomic E-state index is 6.57. The van der Waals surface area contributed by atoms with Crippen molar-refractivity contribution < 1.29 is 0 Å². The summed E-state index contributed by atoms with van der Waals surface area (Å²) in [5, 5.41) is 2.06. The first-order valence-corrected chi connectivity index (χ1v) is 13.9. The van der Waals surface area contributed by atoms with Crippen LogP contribution in [0.15, 0.2) is 140 Å². The van der Waals surface area contributed by atoms with Crippen LogP contribution in [0.5, 0.6) is 0 Å². The lowest BCUT2D eigenvalue weighted by Crippen LogP contribution is -2.07. The van der Waals surface area contributed by atoms with Gasteiger partial charge in [-0.1, -0.05) is 121 Å². The van der Waals surface area contributed by atoms with Gasteiger partial charge in [0.05, 0.1) is 0 Å². The molecular formula is C37H28N4.